The number of nitrogens with zero attached hydrogens (tertiary/aromatic N) is 1. The van der Waals surface area contributed by atoms with Crippen LogP contribution in [0.5, 0.6) is 5.75 Å². The maximum Gasteiger partial charge on any atom is 0.119 e. The molecule has 0 saturated heterocycles. The summed E-state index contributed by atoms with van der Waals surface area (Å²) in [4.78, 5) is 0. The van der Waals surface area contributed by atoms with Crippen molar-refractivity contribution in [2.75, 3.05) is 7.11 Å². The van der Waals surface area contributed by atoms with E-state index in [1.165, 1.54) is 11.1 Å². The van der Waals surface area contributed by atoms with Crippen LogP contribution in [0.3, 0.4) is 0 Å². The molecule has 3 aromatic carbocycles. The quantitative estimate of drug-likeness (QED) is 0.574. The minimum atomic E-state index is -0.429. The van der Waals surface area contributed by atoms with E-state index in [4.69, 9.17) is 4.74 Å². The second kappa shape index (κ2) is 9.15. The Bertz CT molecular complexity index is 947. The van der Waals surface area contributed by atoms with Crippen LogP contribution in [-0.2, 0) is 5.41 Å². The lowest BCUT2D eigenvalue weighted by atomic mass is 9.69. The van der Waals surface area contributed by atoms with Crippen LogP contribution >= 0.6 is 0 Å². The second-order valence-electron chi connectivity index (χ2n) is 8.12. The Hall–Kier alpha value is -3.09. The van der Waals surface area contributed by atoms with Crippen LogP contribution in [0.4, 0.5) is 0 Å². The average molecular weight is 397 g/mol. The molecular formula is C27H28N2O. The van der Waals surface area contributed by atoms with Crippen molar-refractivity contribution in [1.29, 1.82) is 5.26 Å². The van der Waals surface area contributed by atoms with Gasteiger partial charge in [-0.1, -0.05) is 72.8 Å². The van der Waals surface area contributed by atoms with Gasteiger partial charge in [-0.15, -0.1) is 0 Å². The maximum atomic E-state index is 10.1. The van der Waals surface area contributed by atoms with Crippen molar-refractivity contribution >= 4 is 0 Å². The Morgan fingerprint density at radius 2 is 1.50 bits per heavy atom. The highest BCUT2D eigenvalue weighted by molar-refractivity contribution is 5.39. The number of benzene rings is 3. The molecule has 1 saturated carbocycles. The van der Waals surface area contributed by atoms with E-state index in [0.717, 1.165) is 37.0 Å². The van der Waals surface area contributed by atoms with E-state index in [-0.39, 0.29) is 6.04 Å². The molecule has 0 aliphatic heterocycles. The molecule has 0 bridgehead atoms. The van der Waals surface area contributed by atoms with E-state index in [2.05, 4.69) is 78.1 Å². The molecule has 1 fully saturated rings. The summed E-state index contributed by atoms with van der Waals surface area (Å²) in [6, 6.07) is 32.4. The standard InChI is InChI=1S/C27H28N2O/c1-30-25-14-8-13-23(19-25)27(20-28)17-15-24(16-18-27)29-26(21-9-4-2-5-10-21)22-11-6-3-7-12-22/h2-14,19,24,26,29H,15-18H2,1H3/t24-,27-. The van der Waals surface area contributed by atoms with Gasteiger partial charge >= 0.3 is 0 Å². The molecule has 1 aliphatic carbocycles. The molecule has 0 atom stereocenters. The van der Waals surface area contributed by atoms with Crippen molar-refractivity contribution in [2.24, 2.45) is 0 Å². The minimum Gasteiger partial charge on any atom is -0.497 e. The molecule has 0 spiro atoms. The van der Waals surface area contributed by atoms with Gasteiger partial charge in [-0.2, -0.15) is 5.26 Å². The van der Waals surface area contributed by atoms with Gasteiger partial charge in [0.05, 0.1) is 24.6 Å². The van der Waals surface area contributed by atoms with Gasteiger partial charge < -0.3 is 10.1 Å². The lowest BCUT2D eigenvalue weighted by Gasteiger charge is -2.37. The minimum absolute atomic E-state index is 0.156. The zero-order chi connectivity index (χ0) is 20.8. The highest BCUT2D eigenvalue weighted by atomic mass is 16.5. The van der Waals surface area contributed by atoms with Gasteiger partial charge in [-0.3, -0.25) is 0 Å². The van der Waals surface area contributed by atoms with Gasteiger partial charge in [0.15, 0.2) is 0 Å². The van der Waals surface area contributed by atoms with E-state index in [1.807, 2.05) is 18.2 Å². The predicted molar refractivity (Wildman–Crippen MR) is 120 cm³/mol. The topological polar surface area (TPSA) is 45.0 Å². The van der Waals surface area contributed by atoms with Crippen molar-refractivity contribution in [3.63, 3.8) is 0 Å². The van der Waals surface area contributed by atoms with Crippen molar-refractivity contribution < 1.29 is 4.74 Å². The Morgan fingerprint density at radius 3 is 2.03 bits per heavy atom. The fourth-order valence-electron chi connectivity index (χ4n) is 4.57. The highest BCUT2D eigenvalue weighted by Gasteiger charge is 2.38. The van der Waals surface area contributed by atoms with Gasteiger partial charge in [-0.05, 0) is 54.5 Å². The van der Waals surface area contributed by atoms with Crippen molar-refractivity contribution in [3.8, 4) is 11.8 Å². The molecule has 0 aromatic heterocycles. The van der Waals surface area contributed by atoms with E-state index in [1.54, 1.807) is 7.11 Å². The van der Waals surface area contributed by atoms with Gasteiger partial charge in [0, 0.05) is 6.04 Å². The number of ether oxygens (including phenoxy) is 1. The largest absolute Gasteiger partial charge is 0.497 e. The van der Waals surface area contributed by atoms with E-state index in [0.29, 0.717) is 6.04 Å². The first-order chi connectivity index (χ1) is 14.7. The molecule has 3 nitrogen and oxygen atoms in total. The fraction of sp³-hybridized carbons (Fsp3) is 0.296. The van der Waals surface area contributed by atoms with Crippen LogP contribution in [-0.4, -0.2) is 13.2 Å². The lowest BCUT2D eigenvalue weighted by Crippen LogP contribution is -2.41. The summed E-state index contributed by atoms with van der Waals surface area (Å²) in [6.07, 6.45) is 3.65. The van der Waals surface area contributed by atoms with Gasteiger partial charge in [-0.25, -0.2) is 0 Å². The van der Waals surface area contributed by atoms with Gasteiger partial charge in [0.25, 0.3) is 0 Å². The first-order valence-electron chi connectivity index (χ1n) is 10.7. The molecule has 152 valence electrons. The van der Waals surface area contributed by atoms with Crippen LogP contribution in [0.2, 0.25) is 0 Å². The predicted octanol–water partition coefficient (Wildman–Crippen LogP) is 5.78. The third-order valence-corrected chi connectivity index (χ3v) is 6.34. The molecule has 1 aliphatic rings. The summed E-state index contributed by atoms with van der Waals surface area (Å²) in [5.74, 6) is 0.815. The smallest absolute Gasteiger partial charge is 0.119 e. The fourth-order valence-corrected chi connectivity index (χ4v) is 4.57. The Balaban J connectivity index is 1.52. The van der Waals surface area contributed by atoms with Crippen LogP contribution in [0.1, 0.15) is 48.4 Å². The van der Waals surface area contributed by atoms with Crippen LogP contribution in [0.25, 0.3) is 0 Å². The van der Waals surface area contributed by atoms with Gasteiger partial charge in [0.2, 0.25) is 0 Å². The SMILES string of the molecule is COc1cccc([C@]2(C#N)CC[C@@H](NC(c3ccccc3)c3ccccc3)CC2)c1. The van der Waals surface area contributed by atoms with E-state index in [9.17, 15) is 5.26 Å². The number of methoxy groups -OCH3 is 1. The third-order valence-electron chi connectivity index (χ3n) is 6.34. The molecule has 0 heterocycles. The molecule has 3 heteroatoms. The second-order valence-corrected chi connectivity index (χ2v) is 8.12. The summed E-state index contributed by atoms with van der Waals surface area (Å²) in [5.41, 5.74) is 3.19. The molecule has 0 unspecified atom stereocenters. The summed E-state index contributed by atoms with van der Waals surface area (Å²) < 4.78 is 5.39. The number of hydrogen-bond acceptors (Lipinski definition) is 3. The zero-order valence-electron chi connectivity index (χ0n) is 17.4. The number of nitrogens with one attached hydrogen (secondary N) is 1. The molecule has 3 aromatic rings. The molecular weight excluding hydrogens is 368 g/mol. The van der Waals surface area contributed by atoms with Crippen molar-refractivity contribution in [2.45, 2.75) is 43.2 Å². The monoisotopic (exact) mass is 396 g/mol. The van der Waals surface area contributed by atoms with Crippen molar-refractivity contribution in [1.82, 2.24) is 5.32 Å². The number of hydrogen-bond donors (Lipinski definition) is 1. The number of rotatable bonds is 6. The Morgan fingerprint density at radius 1 is 0.900 bits per heavy atom. The summed E-state index contributed by atoms with van der Waals surface area (Å²) in [6.45, 7) is 0. The first kappa shape index (κ1) is 20.2. The number of nitriles is 1. The molecule has 0 radical (unpaired) electrons. The van der Waals surface area contributed by atoms with Gasteiger partial charge in [0.1, 0.15) is 5.75 Å². The summed E-state index contributed by atoms with van der Waals surface area (Å²) in [7, 11) is 1.67. The highest BCUT2D eigenvalue weighted by Crippen LogP contribution is 2.40. The molecule has 1 N–H and O–H groups in total. The lowest BCUT2D eigenvalue weighted by molar-refractivity contribution is 0.284. The summed E-state index contributed by atoms with van der Waals surface area (Å²) in [5, 5.41) is 14.0. The first-order valence-corrected chi connectivity index (χ1v) is 10.7. The maximum absolute atomic E-state index is 10.1. The Labute approximate surface area is 179 Å². The van der Waals surface area contributed by atoms with Crippen LogP contribution in [0, 0.1) is 11.3 Å². The summed E-state index contributed by atoms with van der Waals surface area (Å²) >= 11 is 0. The normalized spacial score (nSPS) is 21.2. The molecule has 30 heavy (non-hydrogen) atoms. The van der Waals surface area contributed by atoms with Crippen LogP contribution < -0.4 is 10.1 Å². The van der Waals surface area contributed by atoms with E-state index >= 15 is 0 Å². The molecule has 0 amide bonds. The van der Waals surface area contributed by atoms with E-state index < -0.39 is 5.41 Å². The Kier molecular flexibility index (Phi) is 6.16. The molecule has 4 rings (SSSR count). The zero-order valence-corrected chi connectivity index (χ0v) is 17.4. The van der Waals surface area contributed by atoms with Crippen LogP contribution in [0.15, 0.2) is 84.9 Å². The average Bonchev–Trinajstić information content (AvgIpc) is 2.84. The van der Waals surface area contributed by atoms with Crippen molar-refractivity contribution in [3.05, 3.63) is 102 Å². The third kappa shape index (κ3) is 4.25.